The summed E-state index contributed by atoms with van der Waals surface area (Å²) in [5, 5.41) is 2.98. The van der Waals surface area contributed by atoms with Gasteiger partial charge in [-0.2, -0.15) is 0 Å². The van der Waals surface area contributed by atoms with Crippen molar-refractivity contribution in [3.8, 4) is 0 Å². The molecule has 0 heterocycles. The number of benzene rings is 1. The van der Waals surface area contributed by atoms with E-state index >= 15 is 0 Å². The Bertz CT molecular complexity index is 424. The minimum Gasteiger partial charge on any atom is -0.353 e. The highest BCUT2D eigenvalue weighted by Gasteiger charge is 2.29. The number of amides is 1. The van der Waals surface area contributed by atoms with E-state index in [1.165, 1.54) is 12.8 Å². The SMILES string of the molecule is CN(C)C(C(=O)NCC(N)C1CC1)c1ccccc1.Cl.Cl. The molecule has 1 saturated carbocycles. The van der Waals surface area contributed by atoms with Gasteiger partial charge < -0.3 is 11.1 Å². The Morgan fingerprint density at radius 3 is 2.33 bits per heavy atom. The molecule has 0 bridgehead atoms. The number of halogens is 2. The summed E-state index contributed by atoms with van der Waals surface area (Å²) in [6.07, 6.45) is 2.40. The normalized spacial score (nSPS) is 16.4. The molecule has 1 aromatic rings. The summed E-state index contributed by atoms with van der Waals surface area (Å²) in [7, 11) is 3.83. The van der Waals surface area contributed by atoms with E-state index in [1.807, 2.05) is 49.3 Å². The Labute approximate surface area is 139 Å². The van der Waals surface area contributed by atoms with Crippen molar-refractivity contribution in [1.29, 1.82) is 0 Å². The highest BCUT2D eigenvalue weighted by molar-refractivity contribution is 5.85. The van der Waals surface area contributed by atoms with E-state index < -0.39 is 0 Å². The van der Waals surface area contributed by atoms with Crippen LogP contribution < -0.4 is 11.1 Å². The first-order valence-electron chi connectivity index (χ1n) is 6.84. The van der Waals surface area contributed by atoms with Crippen molar-refractivity contribution in [2.45, 2.75) is 24.9 Å². The maximum Gasteiger partial charge on any atom is 0.241 e. The molecule has 4 nitrogen and oxygen atoms in total. The maximum absolute atomic E-state index is 12.3. The second kappa shape index (κ2) is 9.26. The third kappa shape index (κ3) is 5.83. The minimum atomic E-state index is -0.257. The highest BCUT2D eigenvalue weighted by atomic mass is 35.5. The topological polar surface area (TPSA) is 58.4 Å². The molecule has 0 saturated heterocycles. The van der Waals surface area contributed by atoms with Crippen LogP contribution in [0.5, 0.6) is 0 Å². The number of nitrogens with zero attached hydrogens (tertiary/aromatic N) is 1. The Hall–Kier alpha value is -0.810. The van der Waals surface area contributed by atoms with Gasteiger partial charge in [0.1, 0.15) is 6.04 Å². The fourth-order valence-electron chi connectivity index (χ4n) is 2.33. The van der Waals surface area contributed by atoms with Crippen LogP contribution in [0.25, 0.3) is 0 Å². The summed E-state index contributed by atoms with van der Waals surface area (Å²) in [6, 6.07) is 9.66. The van der Waals surface area contributed by atoms with E-state index in [9.17, 15) is 4.79 Å². The molecule has 1 fully saturated rings. The number of hydrogen-bond donors (Lipinski definition) is 2. The number of nitrogens with one attached hydrogen (secondary N) is 1. The molecule has 0 aromatic heterocycles. The monoisotopic (exact) mass is 333 g/mol. The van der Waals surface area contributed by atoms with Crippen LogP contribution in [0.3, 0.4) is 0 Å². The van der Waals surface area contributed by atoms with E-state index in [2.05, 4.69) is 5.32 Å². The van der Waals surface area contributed by atoms with Gasteiger partial charge in [-0.1, -0.05) is 30.3 Å². The number of likely N-dealkylation sites (N-methyl/N-ethyl adjacent to an activating group) is 1. The lowest BCUT2D eigenvalue weighted by molar-refractivity contribution is -0.125. The molecule has 1 aliphatic rings. The maximum atomic E-state index is 12.3. The minimum absolute atomic E-state index is 0. The van der Waals surface area contributed by atoms with Crippen LogP contribution in [0.2, 0.25) is 0 Å². The zero-order chi connectivity index (χ0) is 13.8. The first kappa shape index (κ1) is 20.2. The van der Waals surface area contributed by atoms with Gasteiger partial charge in [-0.15, -0.1) is 24.8 Å². The standard InChI is InChI=1S/C15H23N3O.2ClH/c1-18(2)14(12-6-4-3-5-7-12)15(19)17-10-13(16)11-8-9-11;;/h3-7,11,13-14H,8-10,16H2,1-2H3,(H,17,19);2*1H. The van der Waals surface area contributed by atoms with Crippen molar-refractivity contribution in [3.63, 3.8) is 0 Å². The largest absolute Gasteiger partial charge is 0.353 e. The summed E-state index contributed by atoms with van der Waals surface area (Å²) < 4.78 is 0. The predicted molar refractivity (Wildman–Crippen MR) is 91.1 cm³/mol. The molecular formula is C15H25Cl2N3O. The average Bonchev–Trinajstić information content (AvgIpc) is 3.21. The van der Waals surface area contributed by atoms with Crippen molar-refractivity contribution in [1.82, 2.24) is 10.2 Å². The zero-order valence-corrected chi connectivity index (χ0v) is 14.1. The number of hydrogen-bond acceptors (Lipinski definition) is 3. The molecule has 0 radical (unpaired) electrons. The van der Waals surface area contributed by atoms with Crippen LogP contribution >= 0.6 is 24.8 Å². The summed E-state index contributed by atoms with van der Waals surface area (Å²) >= 11 is 0. The van der Waals surface area contributed by atoms with Crippen LogP contribution in [0, 0.1) is 5.92 Å². The Kier molecular flexibility index (Phi) is 8.90. The van der Waals surface area contributed by atoms with Gasteiger partial charge in [0.2, 0.25) is 5.91 Å². The summed E-state index contributed by atoms with van der Waals surface area (Å²) in [5.41, 5.74) is 7.02. The molecule has 0 spiro atoms. The van der Waals surface area contributed by atoms with E-state index in [0.29, 0.717) is 12.5 Å². The van der Waals surface area contributed by atoms with Gasteiger partial charge in [0.05, 0.1) is 0 Å². The number of carbonyl (C=O) groups excluding carboxylic acids is 1. The summed E-state index contributed by atoms with van der Waals surface area (Å²) in [4.78, 5) is 14.2. The molecule has 1 aromatic carbocycles. The fourth-order valence-corrected chi connectivity index (χ4v) is 2.33. The second-order valence-electron chi connectivity index (χ2n) is 5.52. The van der Waals surface area contributed by atoms with Crippen LogP contribution in [-0.2, 0) is 4.79 Å². The molecule has 1 amide bonds. The van der Waals surface area contributed by atoms with Crippen molar-refractivity contribution in [2.75, 3.05) is 20.6 Å². The fraction of sp³-hybridized carbons (Fsp3) is 0.533. The van der Waals surface area contributed by atoms with Gasteiger partial charge in [-0.3, -0.25) is 9.69 Å². The first-order chi connectivity index (χ1) is 9.09. The van der Waals surface area contributed by atoms with Gasteiger partial charge in [-0.05, 0) is 38.4 Å². The van der Waals surface area contributed by atoms with Gasteiger partial charge in [0, 0.05) is 12.6 Å². The van der Waals surface area contributed by atoms with Gasteiger partial charge >= 0.3 is 0 Å². The molecule has 0 aliphatic heterocycles. The lowest BCUT2D eigenvalue weighted by atomic mass is 10.1. The average molecular weight is 334 g/mol. The van der Waals surface area contributed by atoms with Crippen LogP contribution in [0.15, 0.2) is 30.3 Å². The summed E-state index contributed by atoms with van der Waals surface area (Å²) in [5.74, 6) is 0.627. The molecule has 2 rings (SSSR count). The molecule has 1 aliphatic carbocycles. The molecular weight excluding hydrogens is 309 g/mol. The molecule has 3 N–H and O–H groups in total. The highest BCUT2D eigenvalue weighted by Crippen LogP contribution is 2.31. The Morgan fingerprint density at radius 2 is 1.86 bits per heavy atom. The van der Waals surface area contributed by atoms with E-state index in [0.717, 1.165) is 5.56 Å². The Balaban J connectivity index is 0.00000200. The lowest BCUT2D eigenvalue weighted by Gasteiger charge is -2.24. The molecule has 21 heavy (non-hydrogen) atoms. The number of carbonyl (C=O) groups is 1. The lowest BCUT2D eigenvalue weighted by Crippen LogP contribution is -2.43. The van der Waals surface area contributed by atoms with Crippen molar-refractivity contribution in [3.05, 3.63) is 35.9 Å². The first-order valence-corrected chi connectivity index (χ1v) is 6.84. The quantitative estimate of drug-likeness (QED) is 0.836. The van der Waals surface area contributed by atoms with Crippen molar-refractivity contribution < 1.29 is 4.79 Å². The second-order valence-corrected chi connectivity index (χ2v) is 5.52. The smallest absolute Gasteiger partial charge is 0.241 e. The predicted octanol–water partition coefficient (Wildman–Crippen LogP) is 1.99. The van der Waals surface area contributed by atoms with Crippen LogP contribution in [0.4, 0.5) is 0 Å². The Morgan fingerprint density at radius 1 is 1.29 bits per heavy atom. The van der Waals surface area contributed by atoms with Gasteiger partial charge in [-0.25, -0.2) is 0 Å². The summed E-state index contributed by atoms with van der Waals surface area (Å²) in [6.45, 7) is 0.570. The zero-order valence-electron chi connectivity index (χ0n) is 12.5. The molecule has 2 unspecified atom stereocenters. The van der Waals surface area contributed by atoms with Crippen LogP contribution in [0.1, 0.15) is 24.4 Å². The van der Waals surface area contributed by atoms with E-state index in [4.69, 9.17) is 5.73 Å². The number of rotatable bonds is 6. The van der Waals surface area contributed by atoms with Crippen molar-refractivity contribution >= 4 is 30.7 Å². The van der Waals surface area contributed by atoms with E-state index in [1.54, 1.807) is 0 Å². The third-order valence-electron chi connectivity index (χ3n) is 3.62. The molecule has 120 valence electrons. The van der Waals surface area contributed by atoms with E-state index in [-0.39, 0.29) is 42.8 Å². The van der Waals surface area contributed by atoms with Gasteiger partial charge in [0.15, 0.2) is 0 Å². The third-order valence-corrected chi connectivity index (χ3v) is 3.62. The van der Waals surface area contributed by atoms with Gasteiger partial charge in [0.25, 0.3) is 0 Å². The van der Waals surface area contributed by atoms with Crippen molar-refractivity contribution in [2.24, 2.45) is 11.7 Å². The molecule has 6 heteroatoms. The van der Waals surface area contributed by atoms with Crippen LogP contribution in [-0.4, -0.2) is 37.5 Å². The number of nitrogens with two attached hydrogens (primary N) is 1. The molecule has 2 atom stereocenters.